The Kier molecular flexibility index (Phi) is 4.90. The van der Waals surface area contributed by atoms with Gasteiger partial charge in [-0.15, -0.1) is 0 Å². The largest absolute Gasteiger partial charge is 0.298 e. The van der Waals surface area contributed by atoms with E-state index in [4.69, 9.17) is 0 Å². The Morgan fingerprint density at radius 2 is 1.67 bits per heavy atom. The van der Waals surface area contributed by atoms with Gasteiger partial charge in [0.25, 0.3) is 11.8 Å². The van der Waals surface area contributed by atoms with Crippen molar-refractivity contribution >= 4 is 34.0 Å². The minimum absolute atomic E-state index is 0.0770. The van der Waals surface area contributed by atoms with E-state index in [1.165, 1.54) is 10.5 Å². The molecule has 1 aliphatic rings. The van der Waals surface area contributed by atoms with Gasteiger partial charge in [-0.1, -0.05) is 69.3 Å². The molecule has 0 spiro atoms. The molecule has 0 saturated carbocycles. The summed E-state index contributed by atoms with van der Waals surface area (Å²) < 4.78 is 0. The molecular weight excluding hydrogens is 374 g/mol. The van der Waals surface area contributed by atoms with Gasteiger partial charge >= 0.3 is 0 Å². The first-order chi connectivity index (χ1) is 14.3. The maximum atomic E-state index is 12.8. The van der Waals surface area contributed by atoms with Crippen molar-refractivity contribution in [2.24, 2.45) is 5.10 Å². The van der Waals surface area contributed by atoms with Crippen LogP contribution in [0.4, 0.5) is 5.69 Å². The lowest BCUT2D eigenvalue weighted by molar-refractivity contribution is -0.119. The number of nitrogens with one attached hydrogen (secondary N) is 1. The second-order valence-corrected chi connectivity index (χ2v) is 8.63. The van der Waals surface area contributed by atoms with E-state index in [0.717, 1.165) is 22.0 Å². The van der Waals surface area contributed by atoms with Gasteiger partial charge in [0.05, 0.1) is 11.4 Å². The van der Waals surface area contributed by atoms with Crippen LogP contribution in [-0.4, -0.2) is 24.1 Å². The number of anilines is 1. The maximum Gasteiger partial charge on any atom is 0.260 e. The fourth-order valence-electron chi connectivity index (χ4n) is 3.74. The van der Waals surface area contributed by atoms with Crippen LogP contribution in [0.15, 0.2) is 65.8 Å². The van der Waals surface area contributed by atoms with Crippen LogP contribution in [0.2, 0.25) is 0 Å². The maximum absolute atomic E-state index is 12.8. The van der Waals surface area contributed by atoms with Crippen LogP contribution >= 0.6 is 0 Å². The first kappa shape index (κ1) is 19.8. The summed E-state index contributed by atoms with van der Waals surface area (Å²) in [6, 6.07) is 19.5. The minimum Gasteiger partial charge on any atom is -0.298 e. The van der Waals surface area contributed by atoms with Gasteiger partial charge < -0.3 is 0 Å². The second-order valence-electron chi connectivity index (χ2n) is 8.63. The van der Waals surface area contributed by atoms with Crippen molar-refractivity contribution in [3.63, 3.8) is 0 Å². The molecule has 5 heteroatoms. The summed E-state index contributed by atoms with van der Waals surface area (Å²) in [5.41, 5.74) is 6.96. The standard InChI is InChI=1S/C25H25N3O2/c1-16(17-11-13-19(14-12-17)25(2,3)4)26-27-22(29)15-28-21-10-6-8-18-7-5-9-20(23(18)21)24(28)30/h5-14H,15H2,1-4H3,(H,27,29)/b26-16-. The molecule has 0 aliphatic carbocycles. The first-order valence-electron chi connectivity index (χ1n) is 10.0. The number of hydrogen-bond acceptors (Lipinski definition) is 3. The molecule has 0 radical (unpaired) electrons. The van der Waals surface area contributed by atoms with E-state index < -0.39 is 0 Å². The average molecular weight is 399 g/mol. The molecule has 1 aliphatic heterocycles. The summed E-state index contributed by atoms with van der Waals surface area (Å²) in [7, 11) is 0. The Morgan fingerprint density at radius 1 is 1.00 bits per heavy atom. The highest BCUT2D eigenvalue weighted by atomic mass is 16.2. The number of carbonyl (C=O) groups is 2. The zero-order chi connectivity index (χ0) is 21.5. The van der Waals surface area contributed by atoms with E-state index in [1.807, 2.05) is 49.4 Å². The van der Waals surface area contributed by atoms with Crippen molar-refractivity contribution < 1.29 is 9.59 Å². The topological polar surface area (TPSA) is 61.8 Å². The number of hydrogen-bond donors (Lipinski definition) is 1. The smallest absolute Gasteiger partial charge is 0.260 e. The Balaban J connectivity index is 1.47. The molecule has 0 atom stereocenters. The lowest BCUT2D eigenvalue weighted by Gasteiger charge is -2.19. The van der Waals surface area contributed by atoms with Crippen LogP contribution in [0.5, 0.6) is 0 Å². The number of benzene rings is 3. The first-order valence-corrected chi connectivity index (χ1v) is 10.0. The molecule has 0 unspecified atom stereocenters. The lowest BCUT2D eigenvalue weighted by Crippen LogP contribution is -2.37. The molecule has 0 aromatic heterocycles. The minimum atomic E-state index is -0.334. The summed E-state index contributed by atoms with van der Waals surface area (Å²) in [5, 5.41) is 6.12. The monoisotopic (exact) mass is 399 g/mol. The lowest BCUT2D eigenvalue weighted by atomic mass is 9.86. The molecule has 5 nitrogen and oxygen atoms in total. The Morgan fingerprint density at radius 3 is 2.33 bits per heavy atom. The second kappa shape index (κ2) is 7.41. The van der Waals surface area contributed by atoms with Gasteiger partial charge in [-0.3, -0.25) is 14.5 Å². The number of hydrazone groups is 1. The highest BCUT2D eigenvalue weighted by Gasteiger charge is 2.30. The van der Waals surface area contributed by atoms with Crippen molar-refractivity contribution in [2.75, 3.05) is 11.4 Å². The van der Waals surface area contributed by atoms with Crippen LogP contribution in [0.3, 0.4) is 0 Å². The number of carbonyl (C=O) groups excluding carboxylic acids is 2. The Bertz CT molecular complexity index is 1170. The van der Waals surface area contributed by atoms with Crippen LogP contribution in [0, 0.1) is 0 Å². The highest BCUT2D eigenvalue weighted by molar-refractivity contribution is 6.26. The summed E-state index contributed by atoms with van der Waals surface area (Å²) in [5.74, 6) is -0.491. The Labute approximate surface area is 176 Å². The van der Waals surface area contributed by atoms with Crippen molar-refractivity contribution in [1.29, 1.82) is 0 Å². The van der Waals surface area contributed by atoms with Crippen molar-refractivity contribution in [1.82, 2.24) is 5.43 Å². The van der Waals surface area contributed by atoms with Crippen molar-refractivity contribution in [2.45, 2.75) is 33.1 Å². The van der Waals surface area contributed by atoms with Gasteiger partial charge in [-0.2, -0.15) is 5.10 Å². The van der Waals surface area contributed by atoms with E-state index in [9.17, 15) is 9.59 Å². The predicted octanol–water partition coefficient (Wildman–Crippen LogP) is 4.64. The quantitative estimate of drug-likeness (QED) is 0.513. The van der Waals surface area contributed by atoms with E-state index in [1.54, 1.807) is 6.07 Å². The molecule has 0 bridgehead atoms. The third kappa shape index (κ3) is 3.59. The van der Waals surface area contributed by atoms with Gasteiger partial charge in [0.2, 0.25) is 0 Å². The fourth-order valence-corrected chi connectivity index (χ4v) is 3.74. The zero-order valence-electron chi connectivity index (χ0n) is 17.7. The van der Waals surface area contributed by atoms with Gasteiger partial charge in [0.1, 0.15) is 6.54 Å². The van der Waals surface area contributed by atoms with Gasteiger partial charge in [-0.25, -0.2) is 5.43 Å². The van der Waals surface area contributed by atoms with E-state index >= 15 is 0 Å². The molecule has 1 heterocycles. The molecule has 4 rings (SSSR count). The van der Waals surface area contributed by atoms with Crippen LogP contribution in [-0.2, 0) is 10.2 Å². The van der Waals surface area contributed by atoms with Gasteiger partial charge in [-0.05, 0) is 41.0 Å². The number of nitrogens with zero attached hydrogens (tertiary/aromatic N) is 2. The third-order valence-electron chi connectivity index (χ3n) is 5.47. The zero-order valence-corrected chi connectivity index (χ0v) is 17.7. The molecule has 0 saturated heterocycles. The molecule has 3 aromatic rings. The van der Waals surface area contributed by atoms with E-state index in [2.05, 4.69) is 43.4 Å². The summed E-state index contributed by atoms with van der Waals surface area (Å²) >= 11 is 0. The number of rotatable bonds is 4. The van der Waals surface area contributed by atoms with Gasteiger partial charge in [0.15, 0.2) is 0 Å². The summed E-state index contributed by atoms with van der Waals surface area (Å²) in [6.45, 7) is 8.28. The summed E-state index contributed by atoms with van der Waals surface area (Å²) in [6.07, 6.45) is 0. The Hall–Kier alpha value is -3.47. The van der Waals surface area contributed by atoms with E-state index in [0.29, 0.717) is 11.3 Å². The molecule has 0 fully saturated rings. The van der Waals surface area contributed by atoms with Gasteiger partial charge in [0, 0.05) is 10.9 Å². The predicted molar refractivity (Wildman–Crippen MR) is 121 cm³/mol. The molecule has 3 aromatic carbocycles. The van der Waals surface area contributed by atoms with Crippen LogP contribution in [0.25, 0.3) is 10.8 Å². The SMILES string of the molecule is C/C(=N/NC(=O)CN1C(=O)c2cccc3cccc1c23)c1ccc(C(C)(C)C)cc1. The summed E-state index contributed by atoms with van der Waals surface area (Å²) in [4.78, 5) is 26.8. The van der Waals surface area contributed by atoms with Crippen molar-refractivity contribution in [3.8, 4) is 0 Å². The average Bonchev–Trinajstić information content (AvgIpc) is 2.99. The molecule has 152 valence electrons. The highest BCUT2D eigenvalue weighted by Crippen LogP contribution is 2.36. The molecule has 1 N–H and O–H groups in total. The normalized spacial score (nSPS) is 13.8. The fraction of sp³-hybridized carbons (Fsp3) is 0.240. The number of amides is 2. The van der Waals surface area contributed by atoms with Crippen LogP contribution < -0.4 is 10.3 Å². The van der Waals surface area contributed by atoms with E-state index in [-0.39, 0.29) is 23.8 Å². The molecule has 2 amide bonds. The van der Waals surface area contributed by atoms with Crippen LogP contribution in [0.1, 0.15) is 49.2 Å². The van der Waals surface area contributed by atoms with Crippen molar-refractivity contribution in [3.05, 3.63) is 77.4 Å². The molecule has 30 heavy (non-hydrogen) atoms. The molecular formula is C25H25N3O2. The third-order valence-corrected chi connectivity index (χ3v) is 5.47.